The standard InChI is InChI=1S/C10H11N.C5H10/c1-2-4-9-5-3-6-10(7-9)8-11;1-4-5(2)3/h3,5-7H,2,4H2,1H3;4-5H,1H2,2-3H3. The molecule has 0 amide bonds. The van der Waals surface area contributed by atoms with Gasteiger partial charge in [0, 0.05) is 0 Å². The van der Waals surface area contributed by atoms with Gasteiger partial charge >= 0.3 is 0 Å². The van der Waals surface area contributed by atoms with Gasteiger partial charge in [0.25, 0.3) is 0 Å². The highest BCUT2D eigenvalue weighted by Gasteiger charge is 1.92. The average molecular weight is 215 g/mol. The van der Waals surface area contributed by atoms with Crippen molar-refractivity contribution in [3.8, 4) is 6.07 Å². The fourth-order valence-electron chi connectivity index (χ4n) is 1.09. The minimum atomic E-state index is 0.648. The van der Waals surface area contributed by atoms with E-state index in [0.717, 1.165) is 18.4 Å². The van der Waals surface area contributed by atoms with Gasteiger partial charge in [-0.15, -0.1) is 6.58 Å². The third kappa shape index (κ3) is 6.84. The Morgan fingerprint density at radius 3 is 2.50 bits per heavy atom. The first-order valence-electron chi connectivity index (χ1n) is 5.75. The largest absolute Gasteiger partial charge is 0.192 e. The molecule has 1 heteroatoms. The summed E-state index contributed by atoms with van der Waals surface area (Å²) in [6.07, 6.45) is 4.12. The zero-order valence-electron chi connectivity index (χ0n) is 10.5. The van der Waals surface area contributed by atoms with Gasteiger partial charge in [0.1, 0.15) is 0 Å². The maximum atomic E-state index is 8.58. The fraction of sp³-hybridized carbons (Fsp3) is 0.400. The SMILES string of the molecule is C=CC(C)C.CCCc1cccc(C#N)c1. The van der Waals surface area contributed by atoms with Crippen molar-refractivity contribution in [3.63, 3.8) is 0 Å². The summed E-state index contributed by atoms with van der Waals surface area (Å²) in [5.41, 5.74) is 2.02. The summed E-state index contributed by atoms with van der Waals surface area (Å²) in [5.74, 6) is 0.648. The molecule has 0 aromatic heterocycles. The molecule has 1 aromatic carbocycles. The summed E-state index contributed by atoms with van der Waals surface area (Å²) in [5, 5.41) is 8.58. The number of benzene rings is 1. The van der Waals surface area contributed by atoms with Crippen molar-refractivity contribution < 1.29 is 0 Å². The van der Waals surface area contributed by atoms with E-state index in [0.29, 0.717) is 5.92 Å². The molecule has 0 radical (unpaired) electrons. The molecule has 0 aliphatic heterocycles. The summed E-state index contributed by atoms with van der Waals surface area (Å²) in [7, 11) is 0. The van der Waals surface area contributed by atoms with Crippen LogP contribution in [0.15, 0.2) is 36.9 Å². The Balaban J connectivity index is 0.000000385. The Morgan fingerprint density at radius 1 is 1.44 bits per heavy atom. The predicted molar refractivity (Wildman–Crippen MR) is 70.2 cm³/mol. The highest BCUT2D eigenvalue weighted by atomic mass is 14.2. The normalized spacial score (nSPS) is 8.94. The van der Waals surface area contributed by atoms with Crippen molar-refractivity contribution in [1.29, 1.82) is 5.26 Å². The van der Waals surface area contributed by atoms with Gasteiger partial charge in [-0.25, -0.2) is 0 Å². The first-order valence-corrected chi connectivity index (χ1v) is 5.75. The summed E-state index contributed by atoms with van der Waals surface area (Å²) in [6.45, 7) is 9.91. The highest BCUT2D eigenvalue weighted by molar-refractivity contribution is 5.32. The zero-order chi connectivity index (χ0) is 12.4. The van der Waals surface area contributed by atoms with E-state index in [4.69, 9.17) is 5.26 Å². The van der Waals surface area contributed by atoms with Crippen molar-refractivity contribution in [2.75, 3.05) is 0 Å². The quantitative estimate of drug-likeness (QED) is 0.688. The van der Waals surface area contributed by atoms with Crippen LogP contribution in [0.5, 0.6) is 0 Å². The van der Waals surface area contributed by atoms with Crippen molar-refractivity contribution >= 4 is 0 Å². The summed E-state index contributed by atoms with van der Waals surface area (Å²) >= 11 is 0. The van der Waals surface area contributed by atoms with Crippen LogP contribution in [0.2, 0.25) is 0 Å². The van der Waals surface area contributed by atoms with Crippen LogP contribution < -0.4 is 0 Å². The van der Waals surface area contributed by atoms with Crippen LogP contribution in [-0.4, -0.2) is 0 Å². The minimum Gasteiger partial charge on any atom is -0.192 e. The van der Waals surface area contributed by atoms with Crippen molar-refractivity contribution in [2.45, 2.75) is 33.6 Å². The van der Waals surface area contributed by atoms with Gasteiger partial charge in [0.05, 0.1) is 11.6 Å². The molecule has 0 N–H and O–H groups in total. The Labute approximate surface area is 99.4 Å². The molecule has 0 unspecified atom stereocenters. The monoisotopic (exact) mass is 215 g/mol. The molecule has 0 fully saturated rings. The molecule has 0 bridgehead atoms. The van der Waals surface area contributed by atoms with Crippen LogP contribution >= 0.6 is 0 Å². The van der Waals surface area contributed by atoms with Gasteiger partial charge in [-0.2, -0.15) is 5.26 Å². The molecule has 1 aromatic rings. The summed E-state index contributed by atoms with van der Waals surface area (Å²) in [6, 6.07) is 9.90. The third-order valence-corrected chi connectivity index (χ3v) is 2.07. The zero-order valence-corrected chi connectivity index (χ0v) is 10.5. The van der Waals surface area contributed by atoms with Crippen LogP contribution in [0.3, 0.4) is 0 Å². The second-order valence-corrected chi connectivity index (χ2v) is 4.04. The van der Waals surface area contributed by atoms with Gasteiger partial charge in [-0.1, -0.05) is 45.4 Å². The van der Waals surface area contributed by atoms with E-state index in [1.54, 1.807) is 0 Å². The van der Waals surface area contributed by atoms with Crippen LogP contribution in [0, 0.1) is 17.2 Å². The number of allylic oxidation sites excluding steroid dienone is 1. The molecule has 1 rings (SSSR count). The minimum absolute atomic E-state index is 0.648. The number of aryl methyl sites for hydroxylation is 1. The summed E-state index contributed by atoms with van der Waals surface area (Å²) in [4.78, 5) is 0. The molecular formula is C15H21N. The molecule has 0 spiro atoms. The maximum absolute atomic E-state index is 8.58. The molecule has 86 valence electrons. The first-order chi connectivity index (χ1) is 7.63. The van der Waals surface area contributed by atoms with E-state index >= 15 is 0 Å². The Kier molecular flexibility index (Phi) is 7.89. The van der Waals surface area contributed by atoms with E-state index in [1.165, 1.54) is 5.56 Å². The predicted octanol–water partition coefficient (Wildman–Crippen LogP) is 4.34. The van der Waals surface area contributed by atoms with E-state index < -0.39 is 0 Å². The second kappa shape index (κ2) is 8.73. The lowest BCUT2D eigenvalue weighted by molar-refractivity contribution is 0.835. The van der Waals surface area contributed by atoms with Crippen molar-refractivity contribution in [3.05, 3.63) is 48.0 Å². The lowest BCUT2D eigenvalue weighted by Crippen LogP contribution is -1.83. The van der Waals surface area contributed by atoms with Crippen molar-refractivity contribution in [1.82, 2.24) is 0 Å². The number of hydrogen-bond donors (Lipinski definition) is 0. The van der Waals surface area contributed by atoms with Gasteiger partial charge in [0.15, 0.2) is 0 Å². The highest BCUT2D eigenvalue weighted by Crippen LogP contribution is 2.05. The average Bonchev–Trinajstić information content (AvgIpc) is 2.30. The summed E-state index contributed by atoms with van der Waals surface area (Å²) < 4.78 is 0. The lowest BCUT2D eigenvalue weighted by atomic mass is 10.1. The topological polar surface area (TPSA) is 23.8 Å². The van der Waals surface area contributed by atoms with Gasteiger partial charge in [-0.3, -0.25) is 0 Å². The first kappa shape index (κ1) is 14.5. The lowest BCUT2D eigenvalue weighted by Gasteiger charge is -1.96. The van der Waals surface area contributed by atoms with Crippen LogP contribution in [-0.2, 0) is 6.42 Å². The third-order valence-electron chi connectivity index (χ3n) is 2.07. The number of nitriles is 1. The maximum Gasteiger partial charge on any atom is 0.0991 e. The Morgan fingerprint density at radius 2 is 2.06 bits per heavy atom. The van der Waals surface area contributed by atoms with Crippen molar-refractivity contribution in [2.24, 2.45) is 5.92 Å². The molecule has 1 nitrogen and oxygen atoms in total. The fourth-order valence-corrected chi connectivity index (χ4v) is 1.09. The van der Waals surface area contributed by atoms with Gasteiger partial charge < -0.3 is 0 Å². The molecular weight excluding hydrogens is 194 g/mol. The molecule has 0 saturated carbocycles. The molecule has 0 aliphatic rings. The van der Waals surface area contributed by atoms with E-state index in [-0.39, 0.29) is 0 Å². The Bertz CT molecular complexity index is 345. The number of rotatable bonds is 3. The Hall–Kier alpha value is -1.55. The van der Waals surface area contributed by atoms with Crippen LogP contribution in [0.4, 0.5) is 0 Å². The molecule has 0 atom stereocenters. The number of hydrogen-bond acceptors (Lipinski definition) is 1. The van der Waals surface area contributed by atoms with E-state index in [9.17, 15) is 0 Å². The van der Waals surface area contributed by atoms with Gasteiger partial charge in [-0.05, 0) is 30.0 Å². The molecule has 0 aliphatic carbocycles. The second-order valence-electron chi connectivity index (χ2n) is 4.04. The van der Waals surface area contributed by atoms with Crippen LogP contribution in [0.25, 0.3) is 0 Å². The number of nitrogens with zero attached hydrogens (tertiary/aromatic N) is 1. The van der Waals surface area contributed by atoms with Crippen LogP contribution in [0.1, 0.15) is 38.3 Å². The molecule has 0 heterocycles. The van der Waals surface area contributed by atoms with Gasteiger partial charge in [0.2, 0.25) is 0 Å². The smallest absolute Gasteiger partial charge is 0.0991 e. The molecule has 0 saturated heterocycles. The molecule has 16 heavy (non-hydrogen) atoms. The van der Waals surface area contributed by atoms with E-state index in [2.05, 4.69) is 39.5 Å². The van der Waals surface area contributed by atoms with E-state index in [1.807, 2.05) is 24.3 Å².